The summed E-state index contributed by atoms with van der Waals surface area (Å²) >= 11 is -4.41. The van der Waals surface area contributed by atoms with Crippen molar-refractivity contribution in [2.75, 3.05) is 26.2 Å². The smallest absolute Gasteiger partial charge is 0.233 e. The predicted molar refractivity (Wildman–Crippen MR) is 178 cm³/mol. The molecule has 7 rings (SSSR count). The quantitative estimate of drug-likeness (QED) is 0.255. The number of nitrogens with one attached hydrogen (secondary N) is 2. The number of para-hydroxylation sites is 1. The van der Waals surface area contributed by atoms with Gasteiger partial charge in [0.2, 0.25) is 20.9 Å². The summed E-state index contributed by atoms with van der Waals surface area (Å²) in [4.78, 5) is 11.2. The molecule has 47 heavy (non-hydrogen) atoms. The van der Waals surface area contributed by atoms with Crippen molar-refractivity contribution in [1.29, 1.82) is 0 Å². The highest BCUT2D eigenvalue weighted by Gasteiger charge is 2.66. The van der Waals surface area contributed by atoms with Gasteiger partial charge in [-0.3, -0.25) is 14.2 Å². The van der Waals surface area contributed by atoms with E-state index in [0.29, 0.717) is 35.8 Å². The summed E-state index contributed by atoms with van der Waals surface area (Å²) in [6.45, 7) is 1.35. The Bertz CT molecular complexity index is 1970. The SMILES string of the molecule is O=[S@](O[C@@]1(C2=NCCN2)[C@H](c2cccnc2)C(S(=O)(=O)c2ccccc2)=C2NCCN2[C@H]1[S@@](=O)Oc1ccccc1)c1ccccc1. The molecule has 0 unspecified atom stereocenters. The van der Waals surface area contributed by atoms with Crippen molar-refractivity contribution in [1.82, 2.24) is 20.5 Å². The number of aromatic nitrogens is 1. The van der Waals surface area contributed by atoms with Crippen molar-refractivity contribution in [3.8, 4) is 5.75 Å². The molecule has 3 aliphatic heterocycles. The Hall–Kier alpha value is -4.37. The van der Waals surface area contributed by atoms with Gasteiger partial charge in [-0.2, -0.15) is 0 Å². The van der Waals surface area contributed by atoms with Gasteiger partial charge in [0, 0.05) is 32.0 Å². The number of nitrogens with zero attached hydrogens (tertiary/aromatic N) is 3. The average Bonchev–Trinajstić information content (AvgIpc) is 3.83. The van der Waals surface area contributed by atoms with E-state index in [2.05, 4.69) is 15.6 Å². The molecule has 242 valence electrons. The lowest BCUT2D eigenvalue weighted by molar-refractivity contribution is 0.0665. The molecule has 4 aromatic rings. The van der Waals surface area contributed by atoms with Crippen LogP contribution in [0, 0.1) is 0 Å². The fourth-order valence-electron chi connectivity index (χ4n) is 6.24. The Morgan fingerprint density at radius 2 is 1.55 bits per heavy atom. The molecule has 5 atom stereocenters. The number of hydrogen-bond acceptors (Lipinski definition) is 11. The second kappa shape index (κ2) is 13.0. The Morgan fingerprint density at radius 1 is 0.851 bits per heavy atom. The van der Waals surface area contributed by atoms with Gasteiger partial charge in [-0.05, 0) is 48.0 Å². The minimum atomic E-state index is -4.28. The zero-order valence-electron chi connectivity index (χ0n) is 25.0. The van der Waals surface area contributed by atoms with Crippen molar-refractivity contribution < 1.29 is 25.2 Å². The maximum absolute atomic E-state index is 14.9. The number of pyridine rings is 1. The number of rotatable bonds is 10. The molecule has 14 heteroatoms. The van der Waals surface area contributed by atoms with Crippen LogP contribution in [0.25, 0.3) is 0 Å². The minimum Gasteiger partial charge on any atom is -0.399 e. The molecule has 3 aliphatic rings. The van der Waals surface area contributed by atoms with Gasteiger partial charge in [-0.15, -0.1) is 0 Å². The van der Waals surface area contributed by atoms with Gasteiger partial charge in [0.05, 0.1) is 22.3 Å². The van der Waals surface area contributed by atoms with Crippen molar-refractivity contribution in [2.24, 2.45) is 4.99 Å². The Balaban J connectivity index is 1.55. The summed E-state index contributed by atoms with van der Waals surface area (Å²) in [7, 11) is -4.28. The third-order valence-corrected chi connectivity index (χ3v) is 12.5. The third kappa shape index (κ3) is 5.64. The summed E-state index contributed by atoms with van der Waals surface area (Å²) in [5.74, 6) is -0.412. The highest BCUT2D eigenvalue weighted by atomic mass is 32.2. The molecule has 3 aromatic carbocycles. The van der Waals surface area contributed by atoms with Crippen molar-refractivity contribution in [2.45, 2.75) is 26.7 Å². The van der Waals surface area contributed by atoms with Gasteiger partial charge < -0.3 is 19.7 Å². The fraction of sp³-hybridized carbons (Fsp3) is 0.212. The first-order chi connectivity index (χ1) is 22.9. The summed E-state index contributed by atoms with van der Waals surface area (Å²) in [6.07, 6.45) is 3.13. The van der Waals surface area contributed by atoms with Crippen LogP contribution in [0.15, 0.2) is 141 Å². The molecule has 0 saturated carbocycles. The molecule has 1 fully saturated rings. The normalized spacial score (nSPS) is 23.7. The van der Waals surface area contributed by atoms with Crippen LogP contribution in [0.2, 0.25) is 0 Å². The number of amidine groups is 1. The lowest BCUT2D eigenvalue weighted by atomic mass is 9.78. The summed E-state index contributed by atoms with van der Waals surface area (Å²) in [5, 5.41) is 5.32. The standard InChI is InChI=1S/C33H31N5O6S3/c39-45(26-14-6-2-7-15-26)44-33(31-36-19-20-37-31)28(24-11-10-18-34-23-24)29(47(41,42)27-16-8-3-9-17-27)30-35-21-22-38(30)32(33)46(40)43-25-12-4-1-5-13-25/h1-18,23,28,32,35H,19-22H2,(H,36,37)/t28-,32+,33-,45-,46+/m1/s1. The molecule has 2 N–H and O–H groups in total. The molecular weight excluding hydrogens is 659 g/mol. The van der Waals surface area contributed by atoms with Gasteiger partial charge >= 0.3 is 0 Å². The zero-order chi connectivity index (χ0) is 32.4. The Labute approximate surface area is 278 Å². The Morgan fingerprint density at radius 3 is 2.21 bits per heavy atom. The number of benzene rings is 3. The second-order valence-electron chi connectivity index (χ2n) is 11.0. The van der Waals surface area contributed by atoms with Crippen LogP contribution in [0.5, 0.6) is 5.75 Å². The van der Waals surface area contributed by atoms with Crippen molar-refractivity contribution in [3.05, 3.63) is 132 Å². The molecule has 0 amide bonds. The van der Waals surface area contributed by atoms with E-state index in [1.807, 2.05) is 6.07 Å². The van der Waals surface area contributed by atoms with E-state index in [0.717, 1.165) is 0 Å². The maximum atomic E-state index is 14.9. The van der Waals surface area contributed by atoms with Gasteiger partial charge in [0.15, 0.2) is 22.1 Å². The summed E-state index contributed by atoms with van der Waals surface area (Å²) < 4.78 is 71.8. The van der Waals surface area contributed by atoms with Crippen molar-refractivity contribution in [3.63, 3.8) is 0 Å². The topological polar surface area (TPSA) is 139 Å². The summed E-state index contributed by atoms with van der Waals surface area (Å²) in [6, 6.07) is 28.8. The van der Waals surface area contributed by atoms with E-state index < -0.39 is 48.9 Å². The molecule has 1 aromatic heterocycles. The van der Waals surface area contributed by atoms with E-state index in [1.165, 1.54) is 12.1 Å². The highest BCUT2D eigenvalue weighted by Crippen LogP contribution is 2.53. The monoisotopic (exact) mass is 689 g/mol. The first-order valence-corrected chi connectivity index (χ1v) is 18.6. The number of sulfone groups is 1. The lowest BCUT2D eigenvalue weighted by Gasteiger charge is -2.51. The van der Waals surface area contributed by atoms with Gasteiger partial charge in [-0.25, -0.2) is 16.8 Å². The largest absolute Gasteiger partial charge is 0.399 e. The molecule has 4 heterocycles. The number of hydrogen-bond donors (Lipinski definition) is 2. The van der Waals surface area contributed by atoms with E-state index in [4.69, 9.17) is 13.4 Å². The van der Waals surface area contributed by atoms with Crippen molar-refractivity contribution >= 4 is 37.8 Å². The average molecular weight is 690 g/mol. The van der Waals surface area contributed by atoms with Gasteiger partial charge in [-0.1, -0.05) is 60.7 Å². The molecule has 0 bridgehead atoms. The van der Waals surface area contributed by atoms with Crippen LogP contribution < -0.4 is 14.8 Å². The van der Waals surface area contributed by atoms with Gasteiger partial charge in [0.1, 0.15) is 22.3 Å². The van der Waals surface area contributed by atoms with E-state index in [1.54, 1.807) is 102 Å². The third-order valence-electron chi connectivity index (χ3n) is 8.16. The zero-order valence-corrected chi connectivity index (χ0v) is 27.4. The van der Waals surface area contributed by atoms with E-state index >= 15 is 0 Å². The minimum absolute atomic E-state index is 0.0383. The van der Waals surface area contributed by atoms with Crippen LogP contribution in [-0.2, 0) is 36.2 Å². The number of fused-ring (bicyclic) bond motifs is 1. The second-order valence-corrected chi connectivity index (χ2v) is 15.1. The number of aliphatic imine (C=N–C) groups is 1. The van der Waals surface area contributed by atoms with Crippen LogP contribution in [0.4, 0.5) is 0 Å². The first kappa shape index (κ1) is 31.2. The first-order valence-electron chi connectivity index (χ1n) is 14.9. The fourth-order valence-corrected chi connectivity index (χ4v) is 10.5. The predicted octanol–water partition coefficient (Wildman–Crippen LogP) is 3.28. The van der Waals surface area contributed by atoms with E-state index in [9.17, 15) is 16.8 Å². The van der Waals surface area contributed by atoms with Crippen LogP contribution in [0.1, 0.15) is 11.5 Å². The molecule has 11 nitrogen and oxygen atoms in total. The summed E-state index contributed by atoms with van der Waals surface area (Å²) in [5.41, 5.74) is -1.52. The van der Waals surface area contributed by atoms with Gasteiger partial charge in [0.25, 0.3) is 0 Å². The van der Waals surface area contributed by atoms with E-state index in [-0.39, 0.29) is 28.0 Å². The molecule has 0 aliphatic carbocycles. The van der Waals surface area contributed by atoms with Crippen LogP contribution >= 0.6 is 0 Å². The van der Waals surface area contributed by atoms with Crippen LogP contribution in [0.3, 0.4) is 0 Å². The molecule has 0 radical (unpaired) electrons. The lowest BCUT2D eigenvalue weighted by Crippen LogP contribution is -2.69. The molecular formula is C33H31N5O6S3. The molecule has 1 saturated heterocycles. The highest BCUT2D eigenvalue weighted by molar-refractivity contribution is 7.95. The van der Waals surface area contributed by atoms with Crippen LogP contribution in [-0.4, -0.2) is 69.7 Å². The molecule has 0 spiro atoms. The maximum Gasteiger partial charge on any atom is 0.233 e. The Kier molecular flexibility index (Phi) is 8.66.